The molecule has 1 aromatic carbocycles. The van der Waals surface area contributed by atoms with Crippen molar-refractivity contribution in [3.8, 4) is 10.4 Å². The van der Waals surface area contributed by atoms with E-state index in [0.717, 1.165) is 29.9 Å². The first-order valence-electron chi connectivity index (χ1n) is 8.70. The molecule has 2 heterocycles. The molecule has 138 valence electrons. The number of ether oxygens (including phenoxy) is 2. The summed E-state index contributed by atoms with van der Waals surface area (Å²) in [6.45, 7) is 3.60. The van der Waals surface area contributed by atoms with Crippen LogP contribution in [0.25, 0.3) is 10.4 Å². The third-order valence-electron chi connectivity index (χ3n) is 4.03. The van der Waals surface area contributed by atoms with E-state index in [1.807, 2.05) is 36.4 Å². The lowest BCUT2D eigenvalue weighted by molar-refractivity contribution is 0.0528. The molecule has 5 nitrogen and oxygen atoms in total. The number of thiocarbonyl (C=S) groups is 1. The molecule has 0 amide bonds. The van der Waals surface area contributed by atoms with Gasteiger partial charge in [-0.2, -0.15) is 0 Å². The number of carbonyl (C=O) groups excluding carboxylic acids is 1. The summed E-state index contributed by atoms with van der Waals surface area (Å²) in [5.74, 6) is -0.352. The summed E-state index contributed by atoms with van der Waals surface area (Å²) in [6, 6.07) is 11.8. The first-order chi connectivity index (χ1) is 12.7. The van der Waals surface area contributed by atoms with Gasteiger partial charge in [0.1, 0.15) is 5.00 Å². The standard InChI is InChI=1S/C19H22N2O3S2/c1-2-23-18(22)15-11-16(13-7-4-3-5-8-13)26-17(15)21-19(25)20-12-14-9-6-10-24-14/h3-5,7-8,11,14H,2,6,9-10,12H2,1H3,(H2,20,21,25)/t14-/m0/s1. The van der Waals surface area contributed by atoms with Gasteiger partial charge >= 0.3 is 5.97 Å². The fraction of sp³-hybridized carbons (Fsp3) is 0.368. The number of hydrogen-bond acceptors (Lipinski definition) is 5. The van der Waals surface area contributed by atoms with E-state index in [2.05, 4.69) is 10.6 Å². The van der Waals surface area contributed by atoms with E-state index in [-0.39, 0.29) is 12.1 Å². The molecule has 0 radical (unpaired) electrons. The molecule has 0 unspecified atom stereocenters. The van der Waals surface area contributed by atoms with Gasteiger partial charge in [0.15, 0.2) is 5.11 Å². The number of anilines is 1. The Labute approximate surface area is 162 Å². The first-order valence-corrected chi connectivity index (χ1v) is 9.92. The largest absolute Gasteiger partial charge is 0.462 e. The van der Waals surface area contributed by atoms with Gasteiger partial charge in [-0.05, 0) is 43.6 Å². The van der Waals surface area contributed by atoms with Crippen LogP contribution in [0.15, 0.2) is 36.4 Å². The second-order valence-electron chi connectivity index (χ2n) is 5.91. The fourth-order valence-electron chi connectivity index (χ4n) is 2.75. The normalized spacial score (nSPS) is 16.3. The molecule has 3 rings (SSSR count). The number of nitrogens with one attached hydrogen (secondary N) is 2. The molecule has 1 aromatic heterocycles. The van der Waals surface area contributed by atoms with Gasteiger partial charge < -0.3 is 20.1 Å². The molecule has 26 heavy (non-hydrogen) atoms. The van der Waals surface area contributed by atoms with Crippen LogP contribution in [0.4, 0.5) is 5.00 Å². The van der Waals surface area contributed by atoms with Gasteiger partial charge in [-0.1, -0.05) is 30.3 Å². The van der Waals surface area contributed by atoms with Crippen LogP contribution in [0.2, 0.25) is 0 Å². The quantitative estimate of drug-likeness (QED) is 0.573. The van der Waals surface area contributed by atoms with Crippen molar-refractivity contribution in [3.05, 3.63) is 42.0 Å². The van der Waals surface area contributed by atoms with E-state index < -0.39 is 0 Å². The molecule has 1 saturated heterocycles. The van der Waals surface area contributed by atoms with Crippen LogP contribution in [0.1, 0.15) is 30.1 Å². The van der Waals surface area contributed by atoms with Crippen LogP contribution >= 0.6 is 23.6 Å². The van der Waals surface area contributed by atoms with E-state index in [9.17, 15) is 4.79 Å². The van der Waals surface area contributed by atoms with E-state index in [4.69, 9.17) is 21.7 Å². The van der Waals surface area contributed by atoms with Crippen molar-refractivity contribution in [2.75, 3.05) is 25.1 Å². The Morgan fingerprint density at radius 2 is 2.19 bits per heavy atom. The maximum Gasteiger partial charge on any atom is 0.341 e. The van der Waals surface area contributed by atoms with Crippen LogP contribution in [-0.4, -0.2) is 36.9 Å². The maximum atomic E-state index is 12.3. The smallest absolute Gasteiger partial charge is 0.341 e. The van der Waals surface area contributed by atoms with Crippen LogP contribution in [0, 0.1) is 0 Å². The third kappa shape index (κ3) is 4.81. The molecule has 2 aromatic rings. The molecule has 1 atom stereocenters. The molecule has 1 fully saturated rings. The molecule has 0 spiro atoms. The molecule has 1 aliphatic rings. The van der Waals surface area contributed by atoms with Crippen molar-refractivity contribution < 1.29 is 14.3 Å². The lowest BCUT2D eigenvalue weighted by atomic mass is 10.1. The summed E-state index contributed by atoms with van der Waals surface area (Å²) in [5.41, 5.74) is 1.55. The van der Waals surface area contributed by atoms with Gasteiger partial charge in [0.05, 0.1) is 18.3 Å². The Kier molecular flexibility index (Phi) is 6.60. The van der Waals surface area contributed by atoms with Crippen molar-refractivity contribution >= 4 is 39.6 Å². The highest BCUT2D eigenvalue weighted by Gasteiger charge is 2.20. The molecule has 7 heteroatoms. The third-order valence-corrected chi connectivity index (χ3v) is 5.37. The zero-order chi connectivity index (χ0) is 18.4. The van der Waals surface area contributed by atoms with Gasteiger partial charge in [0.25, 0.3) is 0 Å². The van der Waals surface area contributed by atoms with Gasteiger partial charge in [-0.3, -0.25) is 0 Å². The number of carbonyl (C=O) groups is 1. The van der Waals surface area contributed by atoms with Gasteiger partial charge in [0, 0.05) is 18.0 Å². The van der Waals surface area contributed by atoms with Gasteiger partial charge in [0.2, 0.25) is 0 Å². The van der Waals surface area contributed by atoms with Crippen molar-refractivity contribution in [1.82, 2.24) is 5.32 Å². The Morgan fingerprint density at radius 3 is 2.88 bits per heavy atom. The number of esters is 1. The zero-order valence-corrected chi connectivity index (χ0v) is 16.3. The summed E-state index contributed by atoms with van der Waals surface area (Å²) >= 11 is 6.87. The fourth-order valence-corrected chi connectivity index (χ4v) is 4.05. The molecule has 0 bridgehead atoms. The number of hydrogen-bond donors (Lipinski definition) is 2. The number of benzene rings is 1. The van der Waals surface area contributed by atoms with Crippen LogP contribution in [0.5, 0.6) is 0 Å². The zero-order valence-electron chi connectivity index (χ0n) is 14.6. The van der Waals surface area contributed by atoms with Crippen molar-refractivity contribution in [3.63, 3.8) is 0 Å². The van der Waals surface area contributed by atoms with Crippen LogP contribution < -0.4 is 10.6 Å². The van der Waals surface area contributed by atoms with E-state index >= 15 is 0 Å². The van der Waals surface area contributed by atoms with Gasteiger partial charge in [-0.15, -0.1) is 11.3 Å². The predicted molar refractivity (Wildman–Crippen MR) is 109 cm³/mol. The van der Waals surface area contributed by atoms with Crippen molar-refractivity contribution in [1.29, 1.82) is 0 Å². The number of thiophene rings is 1. The summed E-state index contributed by atoms with van der Waals surface area (Å²) < 4.78 is 10.8. The Morgan fingerprint density at radius 1 is 1.38 bits per heavy atom. The minimum Gasteiger partial charge on any atom is -0.462 e. The van der Waals surface area contributed by atoms with Crippen molar-refractivity contribution in [2.45, 2.75) is 25.9 Å². The topological polar surface area (TPSA) is 59.6 Å². The molecular weight excluding hydrogens is 368 g/mol. The van der Waals surface area contributed by atoms with Gasteiger partial charge in [-0.25, -0.2) is 4.79 Å². The Bertz CT molecular complexity index is 755. The van der Waals surface area contributed by atoms with E-state index in [1.165, 1.54) is 11.3 Å². The Hall–Kier alpha value is -1.96. The van der Waals surface area contributed by atoms with Crippen molar-refractivity contribution in [2.24, 2.45) is 0 Å². The lowest BCUT2D eigenvalue weighted by Crippen LogP contribution is -2.34. The SMILES string of the molecule is CCOC(=O)c1cc(-c2ccccc2)sc1NC(=S)NC[C@@H]1CCCO1. The Balaban J connectivity index is 1.74. The second kappa shape index (κ2) is 9.12. The summed E-state index contributed by atoms with van der Waals surface area (Å²) in [4.78, 5) is 13.3. The highest BCUT2D eigenvalue weighted by molar-refractivity contribution is 7.80. The summed E-state index contributed by atoms with van der Waals surface area (Å²) in [7, 11) is 0. The average Bonchev–Trinajstić information content (AvgIpc) is 3.31. The molecule has 0 aliphatic carbocycles. The molecular formula is C19H22N2O3S2. The first kappa shape index (κ1) is 18.8. The van der Waals surface area contributed by atoms with Crippen LogP contribution in [0.3, 0.4) is 0 Å². The summed E-state index contributed by atoms with van der Waals surface area (Å²) in [5, 5.41) is 7.48. The second-order valence-corrected chi connectivity index (χ2v) is 7.37. The summed E-state index contributed by atoms with van der Waals surface area (Å²) in [6.07, 6.45) is 2.33. The van der Waals surface area contributed by atoms with E-state index in [0.29, 0.717) is 28.8 Å². The molecule has 0 saturated carbocycles. The number of rotatable bonds is 6. The minimum atomic E-state index is -0.352. The predicted octanol–water partition coefficient (Wildman–Crippen LogP) is 4.06. The highest BCUT2D eigenvalue weighted by atomic mass is 32.1. The van der Waals surface area contributed by atoms with E-state index in [1.54, 1.807) is 6.92 Å². The molecule has 2 N–H and O–H groups in total. The lowest BCUT2D eigenvalue weighted by Gasteiger charge is -2.13. The van der Waals surface area contributed by atoms with Crippen LogP contribution in [-0.2, 0) is 9.47 Å². The monoisotopic (exact) mass is 390 g/mol. The average molecular weight is 391 g/mol. The highest BCUT2D eigenvalue weighted by Crippen LogP contribution is 2.35. The molecule has 1 aliphatic heterocycles. The minimum absolute atomic E-state index is 0.197. The maximum absolute atomic E-state index is 12.3.